The molecule has 0 aliphatic heterocycles. The zero-order valence-electron chi connectivity index (χ0n) is 7.94. The highest BCUT2D eigenvalue weighted by Crippen LogP contribution is 2.07. The molecule has 0 amide bonds. The maximum absolute atomic E-state index is 4.21. The second kappa shape index (κ2) is 4.94. The van der Waals surface area contributed by atoms with Crippen molar-refractivity contribution < 1.29 is 0 Å². The van der Waals surface area contributed by atoms with E-state index in [1.165, 1.54) is 0 Å². The number of rotatable bonds is 0. The Kier molecular flexibility index (Phi) is 3.36. The van der Waals surface area contributed by atoms with E-state index >= 15 is 0 Å². The highest BCUT2D eigenvalue weighted by molar-refractivity contribution is 14.1. The molecule has 2 heteroatoms. The molecule has 0 fully saturated rings. The first kappa shape index (κ1) is 10.2. The van der Waals surface area contributed by atoms with Crippen LogP contribution >= 0.6 is 22.6 Å². The van der Waals surface area contributed by atoms with Crippen LogP contribution in [0.4, 0.5) is 0 Å². The molecule has 0 atom stereocenters. The SMILES string of the molecule is Ic1cccnc1C#Cc1ccccc1. The van der Waals surface area contributed by atoms with Crippen molar-refractivity contribution in [2.45, 2.75) is 0 Å². The van der Waals surface area contributed by atoms with Crippen LogP contribution in [0.1, 0.15) is 11.3 Å². The van der Waals surface area contributed by atoms with Crippen LogP contribution in [0.2, 0.25) is 0 Å². The van der Waals surface area contributed by atoms with Gasteiger partial charge in [-0.1, -0.05) is 24.1 Å². The normalized spacial score (nSPS) is 9.13. The number of pyridine rings is 1. The van der Waals surface area contributed by atoms with Gasteiger partial charge in [-0.15, -0.1) is 0 Å². The molecule has 0 saturated heterocycles. The molecule has 1 aromatic heterocycles. The average Bonchev–Trinajstić information content (AvgIpc) is 2.29. The third kappa shape index (κ3) is 2.80. The van der Waals surface area contributed by atoms with Crippen LogP contribution in [0.5, 0.6) is 0 Å². The maximum atomic E-state index is 4.21. The molecule has 1 nitrogen and oxygen atoms in total. The van der Waals surface area contributed by atoms with Crippen molar-refractivity contribution in [2.75, 3.05) is 0 Å². The molecule has 1 heterocycles. The van der Waals surface area contributed by atoms with Gasteiger partial charge >= 0.3 is 0 Å². The Morgan fingerprint density at radius 1 is 0.933 bits per heavy atom. The minimum atomic E-state index is 0.835. The first-order chi connectivity index (χ1) is 7.36. The number of hydrogen-bond acceptors (Lipinski definition) is 1. The largest absolute Gasteiger partial charge is 0.247 e. The third-order valence-corrected chi connectivity index (χ3v) is 2.73. The van der Waals surface area contributed by atoms with Gasteiger partial charge in [-0.3, -0.25) is 0 Å². The fourth-order valence-corrected chi connectivity index (χ4v) is 1.61. The minimum absolute atomic E-state index is 0.835. The van der Waals surface area contributed by atoms with Crippen molar-refractivity contribution in [3.8, 4) is 11.8 Å². The third-order valence-electron chi connectivity index (χ3n) is 1.86. The van der Waals surface area contributed by atoms with E-state index in [1.54, 1.807) is 6.20 Å². The number of benzene rings is 1. The quantitative estimate of drug-likeness (QED) is 0.538. The van der Waals surface area contributed by atoms with Crippen molar-refractivity contribution in [3.63, 3.8) is 0 Å². The van der Waals surface area contributed by atoms with Crippen LogP contribution in [0.3, 0.4) is 0 Å². The van der Waals surface area contributed by atoms with E-state index in [-0.39, 0.29) is 0 Å². The van der Waals surface area contributed by atoms with Gasteiger partial charge in [0.1, 0.15) is 5.69 Å². The molecule has 15 heavy (non-hydrogen) atoms. The number of hydrogen-bond donors (Lipinski definition) is 0. The van der Waals surface area contributed by atoms with Crippen molar-refractivity contribution in [1.82, 2.24) is 4.98 Å². The summed E-state index contributed by atoms with van der Waals surface area (Å²) in [5, 5.41) is 0. The lowest BCUT2D eigenvalue weighted by Crippen LogP contribution is -1.85. The van der Waals surface area contributed by atoms with Gasteiger partial charge in [0.15, 0.2) is 0 Å². The van der Waals surface area contributed by atoms with E-state index in [0.29, 0.717) is 0 Å². The minimum Gasteiger partial charge on any atom is -0.247 e. The van der Waals surface area contributed by atoms with Gasteiger partial charge in [0, 0.05) is 15.3 Å². The molecule has 0 bridgehead atoms. The lowest BCUT2D eigenvalue weighted by molar-refractivity contribution is 1.26. The van der Waals surface area contributed by atoms with Gasteiger partial charge < -0.3 is 0 Å². The summed E-state index contributed by atoms with van der Waals surface area (Å²) in [6.07, 6.45) is 1.76. The van der Waals surface area contributed by atoms with E-state index in [4.69, 9.17) is 0 Å². The zero-order chi connectivity index (χ0) is 10.5. The lowest BCUT2D eigenvalue weighted by atomic mass is 10.2. The summed E-state index contributed by atoms with van der Waals surface area (Å²) in [4.78, 5) is 4.21. The van der Waals surface area contributed by atoms with Crippen LogP contribution in [-0.4, -0.2) is 4.98 Å². The Bertz CT molecular complexity index is 509. The lowest BCUT2D eigenvalue weighted by Gasteiger charge is -1.92. The Morgan fingerprint density at radius 3 is 2.47 bits per heavy atom. The molecule has 0 spiro atoms. The molecule has 0 aliphatic carbocycles. The Labute approximate surface area is 103 Å². The molecule has 0 aliphatic rings. The van der Waals surface area contributed by atoms with E-state index in [9.17, 15) is 0 Å². The van der Waals surface area contributed by atoms with Gasteiger partial charge in [0.2, 0.25) is 0 Å². The smallest absolute Gasteiger partial charge is 0.126 e. The maximum Gasteiger partial charge on any atom is 0.126 e. The first-order valence-corrected chi connectivity index (χ1v) is 5.62. The zero-order valence-corrected chi connectivity index (χ0v) is 10.1. The monoisotopic (exact) mass is 305 g/mol. The Morgan fingerprint density at radius 2 is 1.73 bits per heavy atom. The van der Waals surface area contributed by atoms with E-state index in [1.807, 2.05) is 42.5 Å². The van der Waals surface area contributed by atoms with Gasteiger partial charge in [0.05, 0.1) is 0 Å². The summed E-state index contributed by atoms with van der Waals surface area (Å²) in [7, 11) is 0. The topological polar surface area (TPSA) is 12.9 Å². The molecule has 0 saturated carbocycles. The van der Waals surface area contributed by atoms with Gasteiger partial charge in [-0.25, -0.2) is 4.98 Å². The Hall–Kier alpha value is -1.34. The standard InChI is InChI=1S/C13H8IN/c14-12-7-4-10-15-13(12)9-8-11-5-2-1-3-6-11/h1-7,10H. The molecule has 0 N–H and O–H groups in total. The fourth-order valence-electron chi connectivity index (χ4n) is 1.13. The molecule has 1 aromatic carbocycles. The Balaban J connectivity index is 2.31. The summed E-state index contributed by atoms with van der Waals surface area (Å²) < 4.78 is 1.08. The molecule has 2 aromatic rings. The van der Waals surface area contributed by atoms with Crippen LogP contribution in [0.25, 0.3) is 0 Å². The van der Waals surface area contributed by atoms with E-state index < -0.39 is 0 Å². The van der Waals surface area contributed by atoms with Crippen LogP contribution < -0.4 is 0 Å². The molecule has 0 radical (unpaired) electrons. The van der Waals surface area contributed by atoms with Gasteiger partial charge in [0.25, 0.3) is 0 Å². The second-order valence-corrected chi connectivity index (χ2v) is 4.11. The number of aromatic nitrogens is 1. The van der Waals surface area contributed by atoms with Gasteiger partial charge in [-0.05, 0) is 52.8 Å². The first-order valence-electron chi connectivity index (χ1n) is 4.54. The highest BCUT2D eigenvalue weighted by atomic mass is 127. The summed E-state index contributed by atoms with van der Waals surface area (Å²) in [5.41, 5.74) is 1.85. The predicted octanol–water partition coefficient (Wildman–Crippen LogP) is 3.09. The summed E-state index contributed by atoms with van der Waals surface area (Å²) in [5.74, 6) is 6.15. The number of nitrogens with zero attached hydrogens (tertiary/aromatic N) is 1. The molecule has 72 valence electrons. The predicted molar refractivity (Wildman–Crippen MR) is 69.4 cm³/mol. The van der Waals surface area contributed by atoms with Gasteiger partial charge in [-0.2, -0.15) is 0 Å². The van der Waals surface area contributed by atoms with E-state index in [2.05, 4.69) is 39.4 Å². The van der Waals surface area contributed by atoms with Crippen LogP contribution in [0, 0.1) is 15.4 Å². The van der Waals surface area contributed by atoms with Crippen LogP contribution in [-0.2, 0) is 0 Å². The summed E-state index contributed by atoms with van der Waals surface area (Å²) in [6, 6.07) is 13.8. The summed E-state index contributed by atoms with van der Waals surface area (Å²) in [6.45, 7) is 0. The summed E-state index contributed by atoms with van der Waals surface area (Å²) >= 11 is 2.24. The van der Waals surface area contributed by atoms with Crippen molar-refractivity contribution in [3.05, 3.63) is 63.5 Å². The molecule has 2 rings (SSSR count). The number of halogens is 1. The highest BCUT2D eigenvalue weighted by Gasteiger charge is 1.93. The molecule has 0 unspecified atom stereocenters. The van der Waals surface area contributed by atoms with E-state index in [0.717, 1.165) is 14.8 Å². The van der Waals surface area contributed by atoms with Crippen LogP contribution in [0.15, 0.2) is 48.7 Å². The fraction of sp³-hybridized carbons (Fsp3) is 0. The second-order valence-electron chi connectivity index (χ2n) is 2.95. The average molecular weight is 305 g/mol. The van der Waals surface area contributed by atoms with Crippen molar-refractivity contribution in [2.24, 2.45) is 0 Å². The van der Waals surface area contributed by atoms with Crippen molar-refractivity contribution >= 4 is 22.6 Å². The van der Waals surface area contributed by atoms with Crippen molar-refractivity contribution in [1.29, 1.82) is 0 Å². The molecular formula is C13H8IN. The molecular weight excluding hydrogens is 297 g/mol.